The van der Waals surface area contributed by atoms with Gasteiger partial charge in [0.15, 0.2) is 0 Å². The molecule has 1 atom stereocenters. The molecule has 0 amide bonds. The first kappa shape index (κ1) is 12.7. The molecule has 2 nitrogen and oxygen atoms in total. The molecule has 2 heteroatoms. The second-order valence-corrected chi connectivity index (χ2v) is 4.64. The molecule has 2 aromatic rings. The number of hydrogen-bond donors (Lipinski definition) is 2. The fraction of sp³-hybridized carbons (Fsp3) is 0.250. The van der Waals surface area contributed by atoms with E-state index in [2.05, 4.69) is 36.5 Å². The van der Waals surface area contributed by atoms with E-state index in [1.54, 1.807) is 12.1 Å². The lowest BCUT2D eigenvalue weighted by Gasteiger charge is -2.14. The highest BCUT2D eigenvalue weighted by atomic mass is 16.3. The van der Waals surface area contributed by atoms with Gasteiger partial charge < -0.3 is 10.4 Å². The van der Waals surface area contributed by atoms with Gasteiger partial charge in [0.05, 0.1) is 0 Å². The maximum Gasteiger partial charge on any atom is 0.115 e. The maximum atomic E-state index is 9.23. The smallest absolute Gasteiger partial charge is 0.115 e. The molecule has 0 aromatic heterocycles. The molecule has 0 heterocycles. The van der Waals surface area contributed by atoms with Crippen molar-refractivity contribution in [3.8, 4) is 5.75 Å². The van der Waals surface area contributed by atoms with Crippen molar-refractivity contribution in [1.82, 2.24) is 5.32 Å². The lowest BCUT2D eigenvalue weighted by atomic mass is 10.1. The van der Waals surface area contributed by atoms with Crippen LogP contribution in [0.15, 0.2) is 54.6 Å². The summed E-state index contributed by atoms with van der Waals surface area (Å²) in [5.41, 5.74) is 2.54. The van der Waals surface area contributed by atoms with Gasteiger partial charge in [0.1, 0.15) is 5.75 Å². The number of rotatable bonds is 5. The summed E-state index contributed by atoms with van der Waals surface area (Å²) < 4.78 is 0. The number of aromatic hydroxyl groups is 1. The molecule has 0 bridgehead atoms. The Kier molecular flexibility index (Phi) is 4.37. The minimum Gasteiger partial charge on any atom is -0.508 e. The molecule has 0 aliphatic heterocycles. The van der Waals surface area contributed by atoms with Crippen molar-refractivity contribution in [3.63, 3.8) is 0 Å². The summed E-state index contributed by atoms with van der Waals surface area (Å²) >= 11 is 0. The first-order chi connectivity index (χ1) is 8.74. The molecule has 0 saturated carbocycles. The standard InChI is InChI=1S/C16H19NO/c1-13(11-14-7-9-16(18)10-8-14)17-12-15-5-3-2-4-6-15/h2-10,13,17-18H,11-12H2,1H3/t13-/m1/s1. The van der Waals surface area contributed by atoms with Crippen molar-refractivity contribution in [2.24, 2.45) is 0 Å². The Morgan fingerprint density at radius 3 is 2.28 bits per heavy atom. The summed E-state index contributed by atoms with van der Waals surface area (Å²) in [7, 11) is 0. The van der Waals surface area contributed by atoms with E-state index in [9.17, 15) is 5.11 Å². The second-order valence-electron chi connectivity index (χ2n) is 4.64. The highest BCUT2D eigenvalue weighted by molar-refractivity contribution is 5.26. The molecule has 2 rings (SSSR count). The Balaban J connectivity index is 1.82. The van der Waals surface area contributed by atoms with Crippen molar-refractivity contribution in [1.29, 1.82) is 0 Å². The molecule has 0 aliphatic rings. The van der Waals surface area contributed by atoms with E-state index in [1.807, 2.05) is 18.2 Å². The Labute approximate surface area is 108 Å². The van der Waals surface area contributed by atoms with Crippen molar-refractivity contribution >= 4 is 0 Å². The minimum atomic E-state index is 0.323. The predicted molar refractivity (Wildman–Crippen MR) is 74.6 cm³/mol. The monoisotopic (exact) mass is 241 g/mol. The number of nitrogens with one attached hydrogen (secondary N) is 1. The van der Waals surface area contributed by atoms with Crippen LogP contribution < -0.4 is 5.32 Å². The van der Waals surface area contributed by atoms with Crippen LogP contribution in [0.3, 0.4) is 0 Å². The largest absolute Gasteiger partial charge is 0.508 e. The summed E-state index contributed by atoms with van der Waals surface area (Å²) in [6.07, 6.45) is 0.965. The van der Waals surface area contributed by atoms with Crippen molar-refractivity contribution in [2.45, 2.75) is 25.9 Å². The van der Waals surface area contributed by atoms with E-state index in [0.717, 1.165) is 13.0 Å². The van der Waals surface area contributed by atoms with Gasteiger partial charge in [-0.1, -0.05) is 42.5 Å². The molecule has 0 spiro atoms. The molecular formula is C16H19NO. The molecule has 0 fully saturated rings. The van der Waals surface area contributed by atoms with Crippen LogP contribution in [0.25, 0.3) is 0 Å². The molecule has 2 N–H and O–H groups in total. The van der Waals surface area contributed by atoms with Crippen LogP contribution in [-0.2, 0) is 13.0 Å². The average molecular weight is 241 g/mol. The predicted octanol–water partition coefficient (Wildman–Crippen LogP) is 3.11. The third kappa shape index (κ3) is 3.90. The number of phenols is 1. The highest BCUT2D eigenvalue weighted by Crippen LogP contribution is 2.11. The Hall–Kier alpha value is -1.80. The fourth-order valence-electron chi connectivity index (χ4n) is 1.95. The summed E-state index contributed by atoms with van der Waals surface area (Å²) in [5.74, 6) is 0.323. The van der Waals surface area contributed by atoms with E-state index in [4.69, 9.17) is 0 Å². The third-order valence-electron chi connectivity index (χ3n) is 2.98. The van der Waals surface area contributed by atoms with Crippen LogP contribution in [-0.4, -0.2) is 11.1 Å². The van der Waals surface area contributed by atoms with Gasteiger partial charge in [0.25, 0.3) is 0 Å². The molecule has 0 saturated heterocycles. The maximum absolute atomic E-state index is 9.23. The van der Waals surface area contributed by atoms with Crippen LogP contribution in [0.2, 0.25) is 0 Å². The van der Waals surface area contributed by atoms with E-state index in [-0.39, 0.29) is 0 Å². The van der Waals surface area contributed by atoms with Gasteiger partial charge in [-0.3, -0.25) is 0 Å². The molecule has 18 heavy (non-hydrogen) atoms. The lowest BCUT2D eigenvalue weighted by molar-refractivity contribution is 0.474. The first-order valence-corrected chi connectivity index (χ1v) is 6.29. The first-order valence-electron chi connectivity index (χ1n) is 6.29. The summed E-state index contributed by atoms with van der Waals surface area (Å²) in [4.78, 5) is 0. The average Bonchev–Trinajstić information content (AvgIpc) is 2.40. The molecule has 94 valence electrons. The van der Waals surface area contributed by atoms with Crippen molar-refractivity contribution in [2.75, 3.05) is 0 Å². The van der Waals surface area contributed by atoms with E-state index in [0.29, 0.717) is 11.8 Å². The zero-order chi connectivity index (χ0) is 12.8. The second kappa shape index (κ2) is 6.22. The van der Waals surface area contributed by atoms with Crippen LogP contribution in [0.1, 0.15) is 18.1 Å². The van der Waals surface area contributed by atoms with Gasteiger partial charge in [0, 0.05) is 12.6 Å². The van der Waals surface area contributed by atoms with Crippen molar-refractivity contribution < 1.29 is 5.11 Å². The van der Waals surface area contributed by atoms with Crippen molar-refractivity contribution in [3.05, 3.63) is 65.7 Å². The Morgan fingerprint density at radius 1 is 0.944 bits per heavy atom. The number of hydrogen-bond acceptors (Lipinski definition) is 2. The quantitative estimate of drug-likeness (QED) is 0.843. The van der Waals surface area contributed by atoms with E-state index >= 15 is 0 Å². The zero-order valence-corrected chi connectivity index (χ0v) is 10.6. The Bertz CT molecular complexity index is 464. The molecule has 0 aliphatic carbocycles. The van der Waals surface area contributed by atoms with Crippen LogP contribution in [0.4, 0.5) is 0 Å². The summed E-state index contributed by atoms with van der Waals surface area (Å²) in [5, 5.41) is 12.7. The molecular weight excluding hydrogens is 222 g/mol. The van der Waals surface area contributed by atoms with Crippen LogP contribution >= 0.6 is 0 Å². The van der Waals surface area contributed by atoms with E-state index in [1.165, 1.54) is 11.1 Å². The number of benzene rings is 2. The number of phenolic OH excluding ortho intramolecular Hbond substituents is 1. The highest BCUT2D eigenvalue weighted by Gasteiger charge is 2.03. The summed E-state index contributed by atoms with van der Waals surface area (Å²) in [6, 6.07) is 18.2. The van der Waals surface area contributed by atoms with Gasteiger partial charge in [-0.15, -0.1) is 0 Å². The van der Waals surface area contributed by atoms with Crippen LogP contribution in [0, 0.1) is 0 Å². The van der Waals surface area contributed by atoms with E-state index < -0.39 is 0 Å². The lowest BCUT2D eigenvalue weighted by Crippen LogP contribution is -2.27. The fourth-order valence-corrected chi connectivity index (χ4v) is 1.95. The van der Waals surface area contributed by atoms with Gasteiger partial charge >= 0.3 is 0 Å². The molecule has 2 aromatic carbocycles. The zero-order valence-electron chi connectivity index (χ0n) is 10.6. The SMILES string of the molecule is C[C@H](Cc1ccc(O)cc1)NCc1ccccc1. The molecule has 0 radical (unpaired) electrons. The third-order valence-corrected chi connectivity index (χ3v) is 2.98. The van der Waals surface area contributed by atoms with Crippen LogP contribution in [0.5, 0.6) is 5.75 Å². The topological polar surface area (TPSA) is 32.3 Å². The van der Waals surface area contributed by atoms with Gasteiger partial charge in [-0.25, -0.2) is 0 Å². The molecule has 0 unspecified atom stereocenters. The Morgan fingerprint density at radius 2 is 1.61 bits per heavy atom. The summed E-state index contributed by atoms with van der Waals surface area (Å²) in [6.45, 7) is 3.07. The van der Waals surface area contributed by atoms with Gasteiger partial charge in [0.2, 0.25) is 0 Å². The minimum absolute atomic E-state index is 0.323. The van der Waals surface area contributed by atoms with Gasteiger partial charge in [-0.05, 0) is 36.6 Å². The normalized spacial score (nSPS) is 12.3. The van der Waals surface area contributed by atoms with Gasteiger partial charge in [-0.2, -0.15) is 0 Å².